The Balaban J connectivity index is 1.80. The molecule has 2 heterocycles. The van der Waals surface area contributed by atoms with Crippen LogP contribution in [0.2, 0.25) is 5.02 Å². The number of likely N-dealkylation sites (tertiary alicyclic amines) is 1. The fourth-order valence-corrected chi connectivity index (χ4v) is 4.59. The number of aliphatic imine (C=N–C) groups is 1. The third-order valence-corrected chi connectivity index (χ3v) is 6.38. The number of amides is 2. The first-order valence-corrected chi connectivity index (χ1v) is 11.9. The van der Waals surface area contributed by atoms with Crippen molar-refractivity contribution in [1.82, 2.24) is 19.8 Å². The highest BCUT2D eigenvalue weighted by atomic mass is 35.5. The molecule has 10 heteroatoms. The van der Waals surface area contributed by atoms with Crippen molar-refractivity contribution >= 4 is 34.9 Å². The average molecular weight is 500 g/mol. The number of nitrogens with one attached hydrogen (secondary N) is 1. The maximum absolute atomic E-state index is 13.0. The lowest BCUT2D eigenvalue weighted by Crippen LogP contribution is -2.60. The Hall–Kier alpha value is -3.33. The topological polar surface area (TPSA) is 132 Å². The molecule has 0 radical (unpaired) electrons. The van der Waals surface area contributed by atoms with Crippen molar-refractivity contribution in [3.05, 3.63) is 58.1 Å². The third-order valence-electron chi connectivity index (χ3n) is 6.07. The predicted octanol–water partition coefficient (Wildman–Crippen LogP) is 2.78. The lowest BCUT2D eigenvalue weighted by molar-refractivity contribution is -0.130. The summed E-state index contributed by atoms with van der Waals surface area (Å²) in [5.74, 6) is 0.533. The zero-order valence-electron chi connectivity index (χ0n) is 21.0. The Kier molecular flexibility index (Phi) is 7.59. The van der Waals surface area contributed by atoms with E-state index in [-0.39, 0.29) is 35.7 Å². The predicted molar refractivity (Wildman–Crippen MR) is 140 cm³/mol. The van der Waals surface area contributed by atoms with E-state index >= 15 is 0 Å². The van der Waals surface area contributed by atoms with Gasteiger partial charge in [0.25, 0.3) is 5.91 Å². The smallest absolute Gasteiger partial charge is 0.270 e. The van der Waals surface area contributed by atoms with Gasteiger partial charge in [-0.3, -0.25) is 14.6 Å². The molecule has 0 spiro atoms. The minimum Gasteiger partial charge on any atom is -0.398 e. The standard InChI is InChI=1S/C25H34ClN7O2/c1-7-21(34)32-12-15(13-32)31-24(35)22-14(3)30-20(33(22)8-2)11-29-23(28)16-9-17(25(4,5)6)18(26)10-19(16)27/h7,9-10,15H,1,8,11-13,27H2,2-6H3,(H2,28,29)(H,31,35). The molecule has 188 valence electrons. The second-order valence-corrected chi connectivity index (χ2v) is 10.1. The van der Waals surface area contributed by atoms with E-state index in [1.54, 1.807) is 17.9 Å². The number of halogens is 1. The summed E-state index contributed by atoms with van der Waals surface area (Å²) >= 11 is 6.40. The van der Waals surface area contributed by atoms with Crippen LogP contribution in [0.5, 0.6) is 0 Å². The van der Waals surface area contributed by atoms with Gasteiger partial charge in [0.2, 0.25) is 5.91 Å². The first-order chi connectivity index (χ1) is 16.4. The molecule has 1 saturated heterocycles. The van der Waals surface area contributed by atoms with Gasteiger partial charge in [-0.2, -0.15) is 0 Å². The molecule has 0 aliphatic carbocycles. The van der Waals surface area contributed by atoms with Gasteiger partial charge in [-0.1, -0.05) is 39.0 Å². The number of carbonyl (C=O) groups is 2. The summed E-state index contributed by atoms with van der Waals surface area (Å²) in [4.78, 5) is 35.4. The number of aromatic nitrogens is 2. The van der Waals surface area contributed by atoms with Gasteiger partial charge in [-0.15, -0.1) is 0 Å². The Morgan fingerprint density at radius 3 is 2.57 bits per heavy atom. The summed E-state index contributed by atoms with van der Waals surface area (Å²) in [7, 11) is 0. The molecule has 35 heavy (non-hydrogen) atoms. The zero-order valence-corrected chi connectivity index (χ0v) is 21.7. The minimum absolute atomic E-state index is 0.104. The van der Waals surface area contributed by atoms with Crippen LogP contribution < -0.4 is 16.8 Å². The van der Waals surface area contributed by atoms with Gasteiger partial charge in [0.15, 0.2) is 0 Å². The van der Waals surface area contributed by atoms with Crippen molar-refractivity contribution in [2.75, 3.05) is 18.8 Å². The molecular weight excluding hydrogens is 466 g/mol. The summed E-state index contributed by atoms with van der Waals surface area (Å²) in [5.41, 5.74) is 15.4. The molecule has 9 nitrogen and oxygen atoms in total. The second-order valence-electron chi connectivity index (χ2n) is 9.69. The van der Waals surface area contributed by atoms with Crippen molar-refractivity contribution in [2.45, 2.75) is 59.2 Å². The first kappa shape index (κ1) is 26.3. The Morgan fingerprint density at radius 2 is 2.00 bits per heavy atom. The lowest BCUT2D eigenvalue weighted by atomic mass is 9.85. The molecule has 5 N–H and O–H groups in total. The molecule has 1 aliphatic rings. The monoisotopic (exact) mass is 499 g/mol. The van der Waals surface area contributed by atoms with Crippen molar-refractivity contribution in [3.8, 4) is 0 Å². The van der Waals surface area contributed by atoms with Crippen LogP contribution in [0.4, 0.5) is 5.69 Å². The minimum atomic E-state index is -0.229. The van der Waals surface area contributed by atoms with Gasteiger partial charge in [0, 0.05) is 35.9 Å². The van der Waals surface area contributed by atoms with E-state index in [2.05, 4.69) is 42.6 Å². The van der Waals surface area contributed by atoms with E-state index < -0.39 is 0 Å². The van der Waals surface area contributed by atoms with Crippen LogP contribution in [0.15, 0.2) is 29.8 Å². The molecule has 1 fully saturated rings. The molecular formula is C25H34ClN7O2. The Morgan fingerprint density at radius 1 is 1.34 bits per heavy atom. The number of anilines is 1. The summed E-state index contributed by atoms with van der Waals surface area (Å²) in [6, 6.07) is 3.48. The molecule has 0 saturated carbocycles. The molecule has 1 aromatic carbocycles. The second kappa shape index (κ2) is 10.1. The molecule has 0 atom stereocenters. The van der Waals surface area contributed by atoms with Crippen LogP contribution >= 0.6 is 11.6 Å². The van der Waals surface area contributed by atoms with Crippen LogP contribution in [-0.2, 0) is 23.3 Å². The number of hydrogen-bond donors (Lipinski definition) is 3. The molecule has 1 aromatic heterocycles. The van der Waals surface area contributed by atoms with Crippen LogP contribution in [-0.4, -0.2) is 51.2 Å². The van der Waals surface area contributed by atoms with Crippen LogP contribution in [0.3, 0.4) is 0 Å². The van der Waals surface area contributed by atoms with Gasteiger partial charge >= 0.3 is 0 Å². The average Bonchev–Trinajstić information content (AvgIpc) is 3.07. The van der Waals surface area contributed by atoms with Crippen molar-refractivity contribution < 1.29 is 9.59 Å². The number of nitrogens with two attached hydrogens (primary N) is 2. The number of nitrogens with zero attached hydrogens (tertiary/aromatic N) is 4. The van der Waals surface area contributed by atoms with Crippen molar-refractivity contribution in [2.24, 2.45) is 10.7 Å². The highest BCUT2D eigenvalue weighted by Crippen LogP contribution is 2.33. The van der Waals surface area contributed by atoms with Crippen LogP contribution in [0.1, 0.15) is 60.8 Å². The van der Waals surface area contributed by atoms with E-state index in [4.69, 9.17) is 23.1 Å². The lowest BCUT2D eigenvalue weighted by Gasteiger charge is -2.38. The fourth-order valence-electron chi connectivity index (χ4n) is 4.14. The van der Waals surface area contributed by atoms with Crippen LogP contribution in [0, 0.1) is 6.92 Å². The number of imidazole rings is 1. The summed E-state index contributed by atoms with van der Waals surface area (Å²) < 4.78 is 1.83. The molecule has 0 unspecified atom stereocenters. The molecule has 0 bridgehead atoms. The van der Waals surface area contributed by atoms with Gasteiger partial charge < -0.3 is 26.3 Å². The van der Waals surface area contributed by atoms with Gasteiger partial charge in [-0.25, -0.2) is 4.98 Å². The Bertz CT molecular complexity index is 1190. The molecule has 1 aliphatic heterocycles. The number of carbonyl (C=O) groups excluding carboxylic acids is 2. The number of amidine groups is 1. The Labute approximate surface area is 211 Å². The molecule has 2 aromatic rings. The van der Waals surface area contributed by atoms with E-state index in [9.17, 15) is 9.59 Å². The van der Waals surface area contributed by atoms with E-state index in [1.165, 1.54) is 6.08 Å². The first-order valence-electron chi connectivity index (χ1n) is 11.5. The fraction of sp³-hybridized carbons (Fsp3) is 0.440. The largest absolute Gasteiger partial charge is 0.398 e. The number of hydrogen-bond acceptors (Lipinski definition) is 5. The number of nitrogen functional groups attached to an aromatic ring is 1. The molecule has 2 amide bonds. The normalized spacial score (nSPS) is 14.6. The van der Waals surface area contributed by atoms with E-state index in [0.29, 0.717) is 53.1 Å². The maximum Gasteiger partial charge on any atom is 0.270 e. The number of aryl methyl sites for hydroxylation is 1. The third kappa shape index (κ3) is 5.51. The zero-order chi connectivity index (χ0) is 26.1. The van der Waals surface area contributed by atoms with Crippen molar-refractivity contribution in [1.29, 1.82) is 0 Å². The van der Waals surface area contributed by atoms with Gasteiger partial charge in [0.1, 0.15) is 17.4 Å². The van der Waals surface area contributed by atoms with Crippen molar-refractivity contribution in [3.63, 3.8) is 0 Å². The molecule has 3 rings (SSSR count). The van der Waals surface area contributed by atoms with Gasteiger partial charge in [0.05, 0.1) is 18.3 Å². The highest BCUT2D eigenvalue weighted by Gasteiger charge is 2.32. The SMILES string of the molecule is C=CC(=O)N1CC(NC(=O)c2c(C)nc(CN=C(N)c3cc(C(C)(C)C)c(Cl)cc3N)n2CC)C1. The van der Waals surface area contributed by atoms with E-state index in [1.807, 2.05) is 17.6 Å². The summed E-state index contributed by atoms with van der Waals surface area (Å²) in [6.07, 6.45) is 1.27. The number of rotatable bonds is 7. The summed E-state index contributed by atoms with van der Waals surface area (Å²) in [5, 5.41) is 3.56. The van der Waals surface area contributed by atoms with Crippen LogP contribution in [0.25, 0.3) is 0 Å². The quantitative estimate of drug-likeness (QED) is 0.233. The van der Waals surface area contributed by atoms with E-state index in [0.717, 1.165) is 5.56 Å². The van der Waals surface area contributed by atoms with Gasteiger partial charge in [-0.05, 0) is 43.0 Å². The highest BCUT2D eigenvalue weighted by molar-refractivity contribution is 6.32. The maximum atomic E-state index is 13.0. The summed E-state index contributed by atoms with van der Waals surface area (Å²) in [6.45, 7) is 15.1. The number of benzene rings is 1.